The summed E-state index contributed by atoms with van der Waals surface area (Å²) in [4.78, 5) is 4.93. The van der Waals surface area contributed by atoms with Gasteiger partial charge in [-0.25, -0.2) is 0 Å². The standard InChI is InChI=1S/C52H44N6/c1-57-50(38-16-6-3-7-17-38)55-49(37-14-4-2-5-15-37)56-51(57)39-27-23-34(24-28-39)35-25-29-40(30-26-35)52-54-47-45-33-53-32-31-43(45)42-20-10-11-21-44(42)48(47)58(52)46-22-12-18-36-13-8-9-19-41(36)46/h2-32,49-56H,33H2,1H3. The Kier molecular flexibility index (Phi) is 8.55. The van der Waals surface area contributed by atoms with Crippen molar-refractivity contribution in [3.05, 3.63) is 216 Å². The van der Waals surface area contributed by atoms with E-state index in [1.807, 2.05) is 0 Å². The van der Waals surface area contributed by atoms with E-state index in [-0.39, 0.29) is 24.7 Å². The number of fused-ring (bicyclic) bond motifs is 7. The molecule has 3 heterocycles. The van der Waals surface area contributed by atoms with Crippen LogP contribution in [0.3, 0.4) is 0 Å². The molecule has 0 bridgehead atoms. The van der Waals surface area contributed by atoms with Gasteiger partial charge in [0.25, 0.3) is 0 Å². The molecule has 8 aromatic carbocycles. The van der Waals surface area contributed by atoms with Gasteiger partial charge in [-0.3, -0.25) is 15.5 Å². The van der Waals surface area contributed by atoms with Crippen molar-refractivity contribution < 1.29 is 0 Å². The lowest BCUT2D eigenvalue weighted by molar-refractivity contribution is 0.0416. The summed E-state index contributed by atoms with van der Waals surface area (Å²) in [6.45, 7) is 0.777. The van der Waals surface area contributed by atoms with E-state index in [1.54, 1.807) is 0 Å². The zero-order valence-electron chi connectivity index (χ0n) is 32.3. The molecule has 4 atom stereocenters. The second-order valence-electron chi connectivity index (χ2n) is 15.6. The third kappa shape index (κ3) is 5.84. The molecule has 8 aromatic rings. The van der Waals surface area contributed by atoms with Crippen LogP contribution in [0.1, 0.15) is 58.0 Å². The van der Waals surface area contributed by atoms with Gasteiger partial charge >= 0.3 is 0 Å². The van der Waals surface area contributed by atoms with Crippen molar-refractivity contribution in [2.24, 2.45) is 0 Å². The van der Waals surface area contributed by atoms with E-state index >= 15 is 0 Å². The number of anilines is 3. The van der Waals surface area contributed by atoms with Gasteiger partial charge < -0.3 is 15.5 Å². The van der Waals surface area contributed by atoms with Gasteiger partial charge in [-0.2, -0.15) is 0 Å². The number of hydrogen-bond acceptors (Lipinski definition) is 6. The van der Waals surface area contributed by atoms with Gasteiger partial charge in [-0.1, -0.05) is 170 Å². The van der Waals surface area contributed by atoms with Gasteiger partial charge in [-0.05, 0) is 75.1 Å². The number of nitrogens with one attached hydrogen (secondary N) is 4. The highest BCUT2D eigenvalue weighted by Gasteiger charge is 2.37. The Hall–Kier alpha value is -6.70. The minimum atomic E-state index is -0.102. The molecule has 1 fully saturated rings. The Morgan fingerprint density at radius 2 is 1.05 bits per heavy atom. The molecule has 3 aliphatic rings. The number of rotatable bonds is 6. The Balaban J connectivity index is 0.940. The Morgan fingerprint density at radius 3 is 1.74 bits per heavy atom. The van der Waals surface area contributed by atoms with Crippen LogP contribution in [0.15, 0.2) is 182 Å². The molecule has 0 aliphatic carbocycles. The minimum Gasteiger partial charge on any atom is -0.387 e. The summed E-state index contributed by atoms with van der Waals surface area (Å²) in [5, 5.41) is 20.3. The zero-order chi connectivity index (χ0) is 38.6. The molecule has 0 aromatic heterocycles. The van der Waals surface area contributed by atoms with Crippen molar-refractivity contribution in [1.29, 1.82) is 0 Å². The molecular formula is C52H44N6. The van der Waals surface area contributed by atoms with E-state index < -0.39 is 0 Å². The van der Waals surface area contributed by atoms with Crippen molar-refractivity contribution in [2.45, 2.75) is 31.2 Å². The molecular weight excluding hydrogens is 709 g/mol. The van der Waals surface area contributed by atoms with Crippen LogP contribution in [-0.4, -0.2) is 11.9 Å². The first-order valence-electron chi connectivity index (χ1n) is 20.2. The first kappa shape index (κ1) is 34.5. The summed E-state index contributed by atoms with van der Waals surface area (Å²) >= 11 is 0. The van der Waals surface area contributed by atoms with E-state index in [2.05, 4.69) is 226 Å². The van der Waals surface area contributed by atoms with Gasteiger partial charge in [0.15, 0.2) is 0 Å². The fourth-order valence-electron chi connectivity index (χ4n) is 9.42. The van der Waals surface area contributed by atoms with Gasteiger partial charge in [-0.15, -0.1) is 0 Å². The highest BCUT2D eigenvalue weighted by Crippen LogP contribution is 2.54. The van der Waals surface area contributed by atoms with Crippen LogP contribution in [0.4, 0.5) is 17.1 Å². The lowest BCUT2D eigenvalue weighted by Crippen LogP contribution is -2.54. The molecule has 58 heavy (non-hydrogen) atoms. The minimum absolute atomic E-state index is 0.000166. The van der Waals surface area contributed by atoms with Crippen molar-refractivity contribution >= 4 is 44.7 Å². The topological polar surface area (TPSA) is 54.6 Å². The van der Waals surface area contributed by atoms with Crippen molar-refractivity contribution in [3.63, 3.8) is 0 Å². The largest absolute Gasteiger partial charge is 0.387 e. The summed E-state index contributed by atoms with van der Waals surface area (Å²) in [6.07, 6.45) is 4.25. The predicted molar refractivity (Wildman–Crippen MR) is 239 cm³/mol. The normalized spacial score (nSPS) is 20.1. The number of nitrogens with zero attached hydrogens (tertiary/aromatic N) is 2. The molecule has 0 amide bonds. The summed E-state index contributed by atoms with van der Waals surface area (Å²) in [5.74, 6) is 0. The van der Waals surface area contributed by atoms with Gasteiger partial charge in [0.2, 0.25) is 0 Å². The monoisotopic (exact) mass is 752 g/mol. The van der Waals surface area contributed by atoms with Crippen molar-refractivity contribution in [2.75, 3.05) is 17.3 Å². The maximum Gasteiger partial charge on any atom is 0.130 e. The van der Waals surface area contributed by atoms with Gasteiger partial charge in [0.05, 0.1) is 35.6 Å². The smallest absolute Gasteiger partial charge is 0.130 e. The molecule has 1 saturated heterocycles. The van der Waals surface area contributed by atoms with Crippen molar-refractivity contribution in [1.82, 2.24) is 20.9 Å². The second kappa shape index (κ2) is 14.4. The number of benzene rings is 8. The van der Waals surface area contributed by atoms with Crippen LogP contribution in [0, 0.1) is 0 Å². The maximum absolute atomic E-state index is 4.06. The van der Waals surface area contributed by atoms with E-state index in [9.17, 15) is 0 Å². The lowest BCUT2D eigenvalue weighted by Gasteiger charge is -2.45. The third-order valence-corrected chi connectivity index (χ3v) is 12.3. The first-order chi connectivity index (χ1) is 28.7. The van der Waals surface area contributed by atoms with Crippen LogP contribution >= 0.6 is 0 Å². The Labute approximate surface area is 339 Å². The highest BCUT2D eigenvalue weighted by molar-refractivity contribution is 6.12. The Bertz CT molecular complexity index is 2800. The Morgan fingerprint density at radius 1 is 0.500 bits per heavy atom. The maximum atomic E-state index is 4.06. The molecule has 0 saturated carbocycles. The average molecular weight is 753 g/mol. The predicted octanol–water partition coefficient (Wildman–Crippen LogP) is 11.5. The molecule has 282 valence electrons. The molecule has 0 radical (unpaired) electrons. The van der Waals surface area contributed by atoms with Crippen LogP contribution in [-0.2, 0) is 6.54 Å². The molecule has 3 aliphatic heterocycles. The SMILES string of the molecule is CN1C(c2ccccc2)NC(c2ccccc2)NC1c1ccc(-c2ccc(C3Nc4c5c(c6ccccc6c4N3c3cccc4ccccc34)C=CNC5)cc2)cc1. The highest BCUT2D eigenvalue weighted by atomic mass is 15.4. The third-order valence-electron chi connectivity index (χ3n) is 12.3. The molecule has 6 nitrogen and oxygen atoms in total. The molecule has 4 unspecified atom stereocenters. The second-order valence-corrected chi connectivity index (χ2v) is 15.6. The van der Waals surface area contributed by atoms with E-state index in [0.717, 1.165) is 6.54 Å². The van der Waals surface area contributed by atoms with Crippen LogP contribution in [0.2, 0.25) is 0 Å². The molecule has 6 heteroatoms. The summed E-state index contributed by atoms with van der Waals surface area (Å²) in [5.41, 5.74) is 13.5. The van der Waals surface area contributed by atoms with Crippen LogP contribution in [0.5, 0.6) is 0 Å². The van der Waals surface area contributed by atoms with E-state index in [0.29, 0.717) is 0 Å². The number of hydrogen-bond donors (Lipinski definition) is 4. The fourth-order valence-corrected chi connectivity index (χ4v) is 9.42. The van der Waals surface area contributed by atoms with Crippen LogP contribution in [0.25, 0.3) is 38.7 Å². The van der Waals surface area contributed by atoms with E-state index in [1.165, 1.54) is 83.1 Å². The average Bonchev–Trinajstić information content (AvgIpc) is 3.71. The van der Waals surface area contributed by atoms with Gasteiger partial charge in [0, 0.05) is 22.9 Å². The van der Waals surface area contributed by atoms with Gasteiger partial charge in [0.1, 0.15) is 6.17 Å². The summed E-state index contributed by atoms with van der Waals surface area (Å²) in [7, 11) is 2.19. The quantitative estimate of drug-likeness (QED) is 0.136. The lowest BCUT2D eigenvalue weighted by atomic mass is 9.93. The molecule has 11 rings (SSSR count). The fraction of sp³-hybridized carbons (Fsp3) is 0.115. The van der Waals surface area contributed by atoms with E-state index in [4.69, 9.17) is 0 Å². The molecule has 4 N–H and O–H groups in total. The van der Waals surface area contributed by atoms with Crippen LogP contribution < -0.4 is 26.2 Å². The molecule has 0 spiro atoms. The first-order valence-corrected chi connectivity index (χ1v) is 20.2. The summed E-state index contributed by atoms with van der Waals surface area (Å²) < 4.78 is 0. The summed E-state index contributed by atoms with van der Waals surface area (Å²) in [6, 6.07) is 63.9. The van der Waals surface area contributed by atoms with Crippen molar-refractivity contribution in [3.8, 4) is 11.1 Å². The zero-order valence-corrected chi connectivity index (χ0v) is 32.3.